The van der Waals surface area contributed by atoms with Crippen molar-refractivity contribution in [1.82, 2.24) is 5.09 Å². The van der Waals surface area contributed by atoms with E-state index in [9.17, 15) is 4.89 Å². The highest BCUT2D eigenvalue weighted by Gasteiger charge is 2.02. The normalized spacial score (nSPS) is 10.8. The summed E-state index contributed by atoms with van der Waals surface area (Å²) in [5, 5.41) is 3.02. The fraction of sp³-hybridized carbons (Fsp3) is 0.143. The van der Waals surface area contributed by atoms with Gasteiger partial charge in [0.2, 0.25) is 0 Å². The zero-order valence-corrected chi connectivity index (χ0v) is 10.9. The molecule has 0 spiro atoms. The van der Waals surface area contributed by atoms with E-state index in [-0.39, 0.29) is 0 Å². The molecule has 2 aromatic rings. The topological polar surface area (TPSA) is 36.6 Å². The van der Waals surface area contributed by atoms with E-state index >= 15 is 0 Å². The summed E-state index contributed by atoms with van der Waals surface area (Å²) < 4.78 is 4.22. The predicted octanol–water partition coefficient (Wildman–Crippen LogP) is 3.57. The summed E-state index contributed by atoms with van der Waals surface area (Å²) in [6.07, 6.45) is 0. The van der Waals surface area contributed by atoms with E-state index in [0.29, 0.717) is 13.1 Å². The highest BCUT2D eigenvalue weighted by atomic mass is 31.1. The van der Waals surface area contributed by atoms with Gasteiger partial charge in [-0.15, -0.1) is 0 Å². The lowest BCUT2D eigenvalue weighted by Crippen LogP contribution is -2.01. The quantitative estimate of drug-likeness (QED) is 0.827. The third kappa shape index (κ3) is 4.33. The van der Waals surface area contributed by atoms with Crippen LogP contribution in [-0.4, -0.2) is 4.89 Å². The number of nitrogens with zero attached hydrogens (tertiary/aromatic N) is 1. The summed E-state index contributed by atoms with van der Waals surface area (Å²) >= 11 is 0. The zero-order valence-electron chi connectivity index (χ0n) is 10.0. The SMILES string of the molecule is OP(#[N+]Cc1ccccc1)NCc1ccccc1. The molecule has 0 heterocycles. The monoisotopic (exact) mass is 259 g/mol. The Balaban J connectivity index is 1.87. The van der Waals surface area contributed by atoms with Gasteiger partial charge in [-0.1, -0.05) is 65.2 Å². The Morgan fingerprint density at radius 3 is 2.06 bits per heavy atom. The predicted molar refractivity (Wildman–Crippen MR) is 75.9 cm³/mol. The van der Waals surface area contributed by atoms with Crippen molar-refractivity contribution in [2.75, 3.05) is 0 Å². The van der Waals surface area contributed by atoms with E-state index in [4.69, 9.17) is 0 Å². The number of nitrogens with one attached hydrogen (secondary N) is 1. The van der Waals surface area contributed by atoms with Gasteiger partial charge in [-0.2, -0.15) is 5.09 Å². The smallest absolute Gasteiger partial charge is 0.277 e. The van der Waals surface area contributed by atoms with Crippen LogP contribution in [0, 0.1) is 0 Å². The molecule has 18 heavy (non-hydrogen) atoms. The fourth-order valence-electron chi connectivity index (χ4n) is 1.54. The molecule has 3 nitrogen and oxygen atoms in total. The van der Waals surface area contributed by atoms with E-state index < -0.39 is 7.94 Å². The molecule has 92 valence electrons. The Hall–Kier alpha value is -1.63. The van der Waals surface area contributed by atoms with Crippen LogP contribution < -0.4 is 5.09 Å². The van der Waals surface area contributed by atoms with Crippen molar-refractivity contribution in [2.45, 2.75) is 13.1 Å². The second kappa shape index (κ2) is 6.95. The second-order valence-corrected chi connectivity index (χ2v) is 5.07. The Labute approximate surface area is 108 Å². The van der Waals surface area contributed by atoms with Gasteiger partial charge in [-0.25, -0.2) is 0 Å². The molecule has 0 radical (unpaired) electrons. The molecule has 1 unspecified atom stereocenters. The van der Waals surface area contributed by atoms with Gasteiger partial charge in [0.1, 0.15) is 0 Å². The largest absolute Gasteiger partial charge is 0.463 e. The van der Waals surface area contributed by atoms with Gasteiger partial charge in [-0.05, 0) is 5.56 Å². The standard InChI is InChI=1S/C14H15N2OP/c17-18(15-11-13-7-3-1-4-8-13)16-12-14-9-5-2-6-10-14/h1-10H,11-12H2,(H,15,17)/p+1. The summed E-state index contributed by atoms with van der Waals surface area (Å²) in [5.41, 5.74) is 2.26. The van der Waals surface area contributed by atoms with Crippen molar-refractivity contribution in [2.24, 2.45) is 0 Å². The average molecular weight is 259 g/mol. The summed E-state index contributed by atoms with van der Waals surface area (Å²) in [6, 6.07) is 19.9. The lowest BCUT2D eigenvalue weighted by molar-refractivity contribution is 0.623. The Kier molecular flexibility index (Phi) is 4.95. The molecule has 0 aliphatic carbocycles. The summed E-state index contributed by atoms with van der Waals surface area (Å²) in [4.78, 5) is 9.76. The average Bonchev–Trinajstić information content (AvgIpc) is 2.45. The maximum Gasteiger partial charge on any atom is 0.463 e. The van der Waals surface area contributed by atoms with Gasteiger partial charge in [0.15, 0.2) is 0 Å². The molecule has 0 saturated carbocycles. The fourth-order valence-corrected chi connectivity index (χ4v) is 2.26. The third-order valence-corrected chi connectivity index (χ3v) is 3.35. The summed E-state index contributed by atoms with van der Waals surface area (Å²) in [6.45, 7) is 1.19. The minimum atomic E-state index is -1.45. The third-order valence-electron chi connectivity index (χ3n) is 2.50. The minimum Gasteiger partial charge on any atom is -0.277 e. The molecule has 0 aliphatic heterocycles. The highest BCUT2D eigenvalue weighted by Crippen LogP contribution is 2.12. The molecular formula is C14H16N2OP+. The summed E-state index contributed by atoms with van der Waals surface area (Å²) in [7, 11) is -1.45. The van der Waals surface area contributed by atoms with Crippen LogP contribution >= 0.6 is 7.94 Å². The van der Waals surface area contributed by atoms with Crippen LogP contribution in [0.15, 0.2) is 60.7 Å². The van der Waals surface area contributed by atoms with Crippen molar-refractivity contribution < 1.29 is 4.89 Å². The Morgan fingerprint density at radius 1 is 0.889 bits per heavy atom. The first-order valence-electron chi connectivity index (χ1n) is 5.82. The minimum absolute atomic E-state index is 0.546. The van der Waals surface area contributed by atoms with Crippen LogP contribution in [0.1, 0.15) is 11.1 Å². The number of rotatable bonds is 3. The van der Waals surface area contributed by atoms with E-state index in [1.807, 2.05) is 60.7 Å². The van der Waals surface area contributed by atoms with Gasteiger partial charge in [-0.3, -0.25) is 4.89 Å². The first-order chi connectivity index (χ1) is 8.84. The lowest BCUT2D eigenvalue weighted by Gasteiger charge is -1.95. The van der Waals surface area contributed by atoms with Gasteiger partial charge < -0.3 is 0 Å². The first-order valence-corrected chi connectivity index (χ1v) is 7.07. The van der Waals surface area contributed by atoms with Gasteiger partial charge in [0.25, 0.3) is 6.54 Å². The Bertz CT molecular complexity index is 558. The van der Waals surface area contributed by atoms with Crippen molar-refractivity contribution >= 4 is 7.94 Å². The van der Waals surface area contributed by atoms with Crippen LogP contribution in [-0.2, 0) is 13.1 Å². The molecule has 2 rings (SSSR count). The van der Waals surface area contributed by atoms with Gasteiger partial charge >= 0.3 is 7.94 Å². The number of benzene rings is 2. The van der Waals surface area contributed by atoms with Gasteiger partial charge in [0, 0.05) is 12.1 Å². The number of hydrogen-bond donors (Lipinski definition) is 2. The molecule has 0 aliphatic rings. The first kappa shape index (κ1) is 12.8. The van der Waals surface area contributed by atoms with Crippen molar-refractivity contribution in [3.63, 3.8) is 0 Å². The molecule has 4 heteroatoms. The highest BCUT2D eigenvalue weighted by molar-refractivity contribution is 7.36. The molecule has 0 saturated heterocycles. The lowest BCUT2D eigenvalue weighted by atomic mass is 10.2. The van der Waals surface area contributed by atoms with Crippen molar-refractivity contribution in [3.05, 3.63) is 76.4 Å². The zero-order chi connectivity index (χ0) is 12.6. The van der Waals surface area contributed by atoms with Crippen LogP contribution in [0.25, 0.3) is 4.59 Å². The second-order valence-electron chi connectivity index (χ2n) is 3.90. The summed E-state index contributed by atoms with van der Waals surface area (Å²) in [5.74, 6) is 0. The molecular weight excluding hydrogens is 243 g/mol. The molecule has 0 aromatic heterocycles. The van der Waals surface area contributed by atoms with Crippen molar-refractivity contribution in [1.29, 1.82) is 0 Å². The van der Waals surface area contributed by atoms with Crippen molar-refractivity contribution in [3.8, 4) is 0 Å². The van der Waals surface area contributed by atoms with Crippen LogP contribution in [0.4, 0.5) is 0 Å². The van der Waals surface area contributed by atoms with E-state index in [1.54, 1.807) is 0 Å². The Morgan fingerprint density at radius 2 is 1.44 bits per heavy atom. The van der Waals surface area contributed by atoms with Crippen LogP contribution in [0.2, 0.25) is 0 Å². The van der Waals surface area contributed by atoms with Gasteiger partial charge in [0.05, 0.1) is 0 Å². The van der Waals surface area contributed by atoms with E-state index in [0.717, 1.165) is 11.1 Å². The molecule has 2 N–H and O–H groups in total. The molecule has 0 amide bonds. The molecule has 1 atom stereocenters. The molecule has 0 bridgehead atoms. The van der Waals surface area contributed by atoms with E-state index in [1.165, 1.54) is 0 Å². The molecule has 2 aromatic carbocycles. The van der Waals surface area contributed by atoms with E-state index in [2.05, 4.69) is 9.67 Å². The van der Waals surface area contributed by atoms with Crippen LogP contribution in [0.5, 0.6) is 0 Å². The molecule has 0 fully saturated rings. The number of hydrogen-bond acceptors (Lipinski definition) is 2. The van der Waals surface area contributed by atoms with Crippen LogP contribution in [0.3, 0.4) is 0 Å². The maximum absolute atomic E-state index is 9.76. The maximum atomic E-state index is 9.76.